The second-order valence-electron chi connectivity index (χ2n) is 1.95. The van der Waals surface area contributed by atoms with Gasteiger partial charge in [0, 0.05) is 0 Å². The van der Waals surface area contributed by atoms with E-state index < -0.39 is 0 Å². The fourth-order valence-electron chi connectivity index (χ4n) is 0.610. The lowest BCUT2D eigenvalue weighted by molar-refractivity contribution is 0.569. The summed E-state index contributed by atoms with van der Waals surface area (Å²) in [5.74, 6) is 1.59. The standard InChI is InChI=1S/C8H12O/c1-2-3-4-5-6-7-8-9/h6H,2-5H2,1H3. The molecule has 0 aromatic heterocycles. The van der Waals surface area contributed by atoms with E-state index in [-0.39, 0.29) is 0 Å². The van der Waals surface area contributed by atoms with Gasteiger partial charge in [-0.1, -0.05) is 19.8 Å². The Balaban J connectivity index is 3.09. The van der Waals surface area contributed by atoms with E-state index in [0.717, 1.165) is 12.8 Å². The van der Waals surface area contributed by atoms with Gasteiger partial charge in [0.1, 0.15) is 0 Å². The van der Waals surface area contributed by atoms with Crippen LogP contribution in [0.3, 0.4) is 0 Å². The van der Waals surface area contributed by atoms with Crippen molar-refractivity contribution in [1.29, 1.82) is 0 Å². The van der Waals surface area contributed by atoms with E-state index >= 15 is 0 Å². The van der Waals surface area contributed by atoms with Crippen LogP contribution in [0.5, 0.6) is 0 Å². The van der Waals surface area contributed by atoms with E-state index in [1.807, 2.05) is 0 Å². The van der Waals surface area contributed by atoms with Gasteiger partial charge in [-0.15, -0.1) is 0 Å². The maximum atomic E-state index is 9.57. The molecule has 0 aliphatic carbocycles. The monoisotopic (exact) mass is 124 g/mol. The van der Waals surface area contributed by atoms with Gasteiger partial charge in [-0.25, -0.2) is 4.79 Å². The van der Waals surface area contributed by atoms with Crippen molar-refractivity contribution in [2.45, 2.75) is 32.6 Å². The first kappa shape index (κ1) is 8.23. The van der Waals surface area contributed by atoms with E-state index in [9.17, 15) is 4.79 Å². The molecule has 0 unspecified atom stereocenters. The molecule has 0 N–H and O–H groups in total. The lowest BCUT2D eigenvalue weighted by atomic mass is 10.2. The first-order chi connectivity index (χ1) is 4.41. The summed E-state index contributed by atoms with van der Waals surface area (Å²) in [6.07, 6.45) is 6.31. The quantitative estimate of drug-likeness (QED) is 0.318. The zero-order chi connectivity index (χ0) is 6.95. The molecule has 1 nitrogen and oxygen atoms in total. The summed E-state index contributed by atoms with van der Waals surface area (Å²) in [5, 5.41) is 0. The highest BCUT2D eigenvalue weighted by molar-refractivity contribution is 5.43. The van der Waals surface area contributed by atoms with Crippen molar-refractivity contribution in [1.82, 2.24) is 0 Å². The Morgan fingerprint density at radius 2 is 2.22 bits per heavy atom. The Kier molecular flexibility index (Phi) is 6.61. The van der Waals surface area contributed by atoms with Gasteiger partial charge in [-0.05, 0) is 24.6 Å². The highest BCUT2D eigenvalue weighted by atomic mass is 16.1. The number of unbranched alkanes of at least 4 members (excludes halogenated alkanes) is 3. The van der Waals surface area contributed by atoms with Gasteiger partial charge in [-0.2, -0.15) is 0 Å². The Labute approximate surface area is 56.1 Å². The fraction of sp³-hybridized carbons (Fsp3) is 0.625. The lowest BCUT2D eigenvalue weighted by Crippen LogP contribution is -1.68. The number of rotatable bonds is 4. The Hall–Kier alpha value is -0.770. The van der Waals surface area contributed by atoms with Crippen LogP contribution in [0.4, 0.5) is 0 Å². The predicted octanol–water partition coefficient (Wildman–Crippen LogP) is 2.11. The molecular weight excluding hydrogens is 112 g/mol. The van der Waals surface area contributed by atoms with Crippen molar-refractivity contribution in [3.8, 4) is 0 Å². The SMILES string of the molecule is CCCCCC=C=C=O. The van der Waals surface area contributed by atoms with Gasteiger partial charge in [0.25, 0.3) is 0 Å². The molecule has 1 heteroatoms. The van der Waals surface area contributed by atoms with E-state index in [0.29, 0.717) is 0 Å². The summed E-state index contributed by atoms with van der Waals surface area (Å²) in [6, 6.07) is 0. The van der Waals surface area contributed by atoms with Crippen LogP contribution in [0, 0.1) is 0 Å². The minimum Gasteiger partial charge on any atom is -0.224 e. The van der Waals surface area contributed by atoms with Crippen molar-refractivity contribution in [2.75, 3.05) is 0 Å². The Bertz CT molecular complexity index is 126. The van der Waals surface area contributed by atoms with E-state index in [1.165, 1.54) is 12.8 Å². The third kappa shape index (κ3) is 7.23. The molecule has 0 aliphatic rings. The molecule has 0 bridgehead atoms. The summed E-state index contributed by atoms with van der Waals surface area (Å²) in [7, 11) is 0. The van der Waals surface area contributed by atoms with Crippen molar-refractivity contribution < 1.29 is 4.79 Å². The number of carbonyl (C=O) groups excluding carboxylic acids is 1. The molecule has 0 saturated heterocycles. The smallest absolute Gasteiger partial charge is 0.176 e. The van der Waals surface area contributed by atoms with Crippen LogP contribution in [0.2, 0.25) is 0 Å². The molecule has 9 heavy (non-hydrogen) atoms. The van der Waals surface area contributed by atoms with E-state index in [4.69, 9.17) is 0 Å². The van der Waals surface area contributed by atoms with Gasteiger partial charge >= 0.3 is 0 Å². The van der Waals surface area contributed by atoms with Crippen LogP contribution in [0.25, 0.3) is 0 Å². The largest absolute Gasteiger partial charge is 0.224 e. The maximum Gasteiger partial charge on any atom is 0.176 e. The van der Waals surface area contributed by atoms with Crippen molar-refractivity contribution in [2.24, 2.45) is 0 Å². The van der Waals surface area contributed by atoms with Gasteiger partial charge in [-0.3, -0.25) is 0 Å². The van der Waals surface area contributed by atoms with Gasteiger partial charge in [0.2, 0.25) is 0 Å². The topological polar surface area (TPSA) is 17.1 Å². The molecule has 0 spiro atoms. The summed E-state index contributed by atoms with van der Waals surface area (Å²) >= 11 is 0. The maximum absolute atomic E-state index is 9.57. The minimum atomic E-state index is 0.961. The molecule has 0 fully saturated rings. The Morgan fingerprint density at radius 1 is 1.44 bits per heavy atom. The van der Waals surface area contributed by atoms with Gasteiger partial charge in [0.15, 0.2) is 5.94 Å². The highest BCUT2D eigenvalue weighted by Crippen LogP contribution is 1.97. The predicted molar refractivity (Wildman–Crippen MR) is 37.9 cm³/mol. The van der Waals surface area contributed by atoms with Gasteiger partial charge in [0.05, 0.1) is 0 Å². The molecule has 50 valence electrons. The molecule has 0 radical (unpaired) electrons. The van der Waals surface area contributed by atoms with E-state index in [2.05, 4.69) is 12.7 Å². The molecule has 0 atom stereocenters. The van der Waals surface area contributed by atoms with Gasteiger partial charge < -0.3 is 0 Å². The molecule has 0 aromatic carbocycles. The second-order valence-corrected chi connectivity index (χ2v) is 1.95. The van der Waals surface area contributed by atoms with Crippen molar-refractivity contribution in [3.05, 3.63) is 11.8 Å². The molecule has 0 rings (SSSR count). The number of hydrogen-bond acceptors (Lipinski definition) is 1. The third-order valence-electron chi connectivity index (χ3n) is 1.11. The summed E-state index contributed by atoms with van der Waals surface area (Å²) in [6.45, 7) is 2.15. The first-order valence-corrected chi connectivity index (χ1v) is 3.36. The molecule has 0 heterocycles. The third-order valence-corrected chi connectivity index (χ3v) is 1.11. The van der Waals surface area contributed by atoms with Crippen LogP contribution in [0.15, 0.2) is 11.8 Å². The molecule has 0 saturated carbocycles. The minimum absolute atomic E-state index is 0.961. The summed E-state index contributed by atoms with van der Waals surface area (Å²) < 4.78 is 0. The fourth-order valence-corrected chi connectivity index (χ4v) is 0.610. The molecule has 0 aromatic rings. The van der Waals surface area contributed by atoms with Crippen LogP contribution >= 0.6 is 0 Å². The lowest BCUT2D eigenvalue weighted by Gasteiger charge is -1.87. The average molecular weight is 124 g/mol. The zero-order valence-corrected chi connectivity index (χ0v) is 5.81. The van der Waals surface area contributed by atoms with E-state index in [1.54, 1.807) is 12.0 Å². The van der Waals surface area contributed by atoms with Crippen LogP contribution in [0.1, 0.15) is 32.6 Å². The number of allylic oxidation sites excluding steroid dienone is 1. The molecular formula is C8H12O. The number of hydrogen-bond donors (Lipinski definition) is 0. The van der Waals surface area contributed by atoms with Crippen molar-refractivity contribution in [3.63, 3.8) is 0 Å². The first-order valence-electron chi connectivity index (χ1n) is 3.36. The summed E-state index contributed by atoms with van der Waals surface area (Å²) in [5.41, 5.74) is 2.38. The normalized spacial score (nSPS) is 7.67. The van der Waals surface area contributed by atoms with Crippen LogP contribution < -0.4 is 0 Å². The zero-order valence-electron chi connectivity index (χ0n) is 5.81. The summed E-state index contributed by atoms with van der Waals surface area (Å²) in [4.78, 5) is 9.57. The molecule has 0 amide bonds. The Morgan fingerprint density at radius 3 is 2.78 bits per heavy atom. The van der Waals surface area contributed by atoms with Crippen LogP contribution in [-0.2, 0) is 4.79 Å². The van der Waals surface area contributed by atoms with Crippen LogP contribution in [-0.4, -0.2) is 5.94 Å². The molecule has 0 aliphatic heterocycles. The van der Waals surface area contributed by atoms with Crippen molar-refractivity contribution >= 4 is 5.94 Å². The highest BCUT2D eigenvalue weighted by Gasteiger charge is 1.78. The average Bonchev–Trinajstić information content (AvgIpc) is 1.89. The second kappa shape index (κ2) is 7.23.